The number of hydrogen-bond donors (Lipinski definition) is 0. The molecule has 1 heterocycles. The first kappa shape index (κ1) is 10.2. The fourth-order valence-corrected chi connectivity index (χ4v) is 1.60. The summed E-state index contributed by atoms with van der Waals surface area (Å²) in [4.78, 5) is 15.3. The Morgan fingerprint density at radius 1 is 1.20 bits per heavy atom. The van der Waals surface area contributed by atoms with Crippen molar-refractivity contribution >= 4 is 23.2 Å². The Labute approximate surface area is 95.9 Å². The van der Waals surface area contributed by atoms with E-state index in [-0.39, 0.29) is 10.7 Å². The molecular weight excluding hydrogens is 235 g/mol. The van der Waals surface area contributed by atoms with Gasteiger partial charge in [-0.05, 0) is 12.1 Å². The molecule has 5 heteroatoms. The SMILES string of the molecule is O=c1c(Cl)nccn1-c1ccccc1Cl. The van der Waals surface area contributed by atoms with E-state index in [4.69, 9.17) is 23.2 Å². The van der Waals surface area contributed by atoms with Crippen LogP contribution >= 0.6 is 23.2 Å². The Balaban J connectivity index is 2.70. The number of halogens is 2. The number of benzene rings is 1. The maximum absolute atomic E-state index is 11.6. The molecule has 0 aliphatic heterocycles. The number of rotatable bonds is 1. The molecule has 76 valence electrons. The summed E-state index contributed by atoms with van der Waals surface area (Å²) in [7, 11) is 0. The zero-order valence-corrected chi connectivity index (χ0v) is 9.03. The second-order valence-electron chi connectivity index (χ2n) is 2.84. The van der Waals surface area contributed by atoms with Gasteiger partial charge < -0.3 is 0 Å². The topological polar surface area (TPSA) is 34.9 Å². The highest BCUT2D eigenvalue weighted by atomic mass is 35.5. The Hall–Kier alpha value is -1.32. The van der Waals surface area contributed by atoms with Gasteiger partial charge in [-0.3, -0.25) is 9.36 Å². The summed E-state index contributed by atoms with van der Waals surface area (Å²) in [6.45, 7) is 0. The fraction of sp³-hybridized carbons (Fsp3) is 0. The summed E-state index contributed by atoms with van der Waals surface area (Å²) in [5, 5.41) is 0.416. The van der Waals surface area contributed by atoms with Gasteiger partial charge in [0.05, 0.1) is 10.7 Å². The zero-order chi connectivity index (χ0) is 10.8. The van der Waals surface area contributed by atoms with Crippen LogP contribution in [0.5, 0.6) is 0 Å². The molecule has 1 aromatic heterocycles. The van der Waals surface area contributed by atoms with Gasteiger partial charge in [0.15, 0.2) is 5.15 Å². The van der Waals surface area contributed by atoms with E-state index < -0.39 is 0 Å². The lowest BCUT2D eigenvalue weighted by Gasteiger charge is -2.06. The Morgan fingerprint density at radius 2 is 1.93 bits per heavy atom. The van der Waals surface area contributed by atoms with Crippen molar-refractivity contribution in [3.63, 3.8) is 0 Å². The first-order valence-electron chi connectivity index (χ1n) is 4.18. The van der Waals surface area contributed by atoms with Gasteiger partial charge in [0.25, 0.3) is 5.56 Å². The summed E-state index contributed by atoms with van der Waals surface area (Å²) < 4.78 is 1.36. The normalized spacial score (nSPS) is 10.3. The van der Waals surface area contributed by atoms with Crippen LogP contribution in [0.15, 0.2) is 41.5 Å². The summed E-state index contributed by atoms with van der Waals surface area (Å²) in [5.41, 5.74) is 0.209. The van der Waals surface area contributed by atoms with E-state index in [0.717, 1.165) is 0 Å². The van der Waals surface area contributed by atoms with Crippen LogP contribution in [0, 0.1) is 0 Å². The van der Waals surface area contributed by atoms with Crippen LogP contribution < -0.4 is 5.56 Å². The predicted octanol–water partition coefficient (Wildman–Crippen LogP) is 2.54. The van der Waals surface area contributed by atoms with Gasteiger partial charge in [0.1, 0.15) is 0 Å². The quantitative estimate of drug-likeness (QED) is 0.768. The van der Waals surface area contributed by atoms with Gasteiger partial charge in [0.2, 0.25) is 0 Å². The van der Waals surface area contributed by atoms with Gasteiger partial charge in [-0.1, -0.05) is 35.3 Å². The van der Waals surface area contributed by atoms with Gasteiger partial charge >= 0.3 is 0 Å². The molecule has 0 amide bonds. The van der Waals surface area contributed by atoms with E-state index in [1.54, 1.807) is 24.3 Å². The van der Waals surface area contributed by atoms with Crippen molar-refractivity contribution in [1.82, 2.24) is 9.55 Å². The molecule has 0 unspecified atom stereocenters. The molecule has 0 bridgehead atoms. The first-order valence-corrected chi connectivity index (χ1v) is 4.94. The third-order valence-corrected chi connectivity index (χ3v) is 2.49. The first-order chi connectivity index (χ1) is 7.20. The minimum Gasteiger partial charge on any atom is -0.279 e. The molecule has 0 aliphatic carbocycles. The fourth-order valence-electron chi connectivity index (χ4n) is 1.22. The molecule has 0 aliphatic rings. The molecule has 1 aromatic carbocycles. The molecule has 0 saturated heterocycles. The molecule has 3 nitrogen and oxygen atoms in total. The number of nitrogens with zero attached hydrogens (tertiary/aromatic N) is 2. The van der Waals surface area contributed by atoms with Crippen molar-refractivity contribution in [3.05, 3.63) is 57.2 Å². The van der Waals surface area contributed by atoms with E-state index >= 15 is 0 Å². The summed E-state index contributed by atoms with van der Waals surface area (Å²) >= 11 is 11.6. The Morgan fingerprint density at radius 3 is 2.67 bits per heavy atom. The number of para-hydroxylation sites is 1. The third kappa shape index (κ3) is 1.89. The molecule has 0 N–H and O–H groups in total. The second-order valence-corrected chi connectivity index (χ2v) is 3.61. The van der Waals surface area contributed by atoms with Crippen molar-refractivity contribution in [2.75, 3.05) is 0 Å². The molecule has 2 rings (SSSR count). The van der Waals surface area contributed by atoms with Crippen molar-refractivity contribution < 1.29 is 0 Å². The lowest BCUT2D eigenvalue weighted by molar-refractivity contribution is 0.957. The lowest BCUT2D eigenvalue weighted by Crippen LogP contribution is -2.19. The maximum Gasteiger partial charge on any atom is 0.292 e. The van der Waals surface area contributed by atoms with Crippen LogP contribution in [-0.4, -0.2) is 9.55 Å². The monoisotopic (exact) mass is 240 g/mol. The van der Waals surface area contributed by atoms with E-state index in [9.17, 15) is 4.79 Å². The van der Waals surface area contributed by atoms with E-state index in [1.165, 1.54) is 17.0 Å². The highest BCUT2D eigenvalue weighted by Crippen LogP contribution is 2.17. The van der Waals surface area contributed by atoms with Crippen molar-refractivity contribution in [1.29, 1.82) is 0 Å². The van der Waals surface area contributed by atoms with Gasteiger partial charge in [-0.15, -0.1) is 0 Å². The van der Waals surface area contributed by atoms with E-state index in [2.05, 4.69) is 4.98 Å². The lowest BCUT2D eigenvalue weighted by atomic mass is 10.3. The Bertz CT molecular complexity index is 551. The minimum absolute atomic E-state index is 0.0718. The van der Waals surface area contributed by atoms with Crippen molar-refractivity contribution in [2.24, 2.45) is 0 Å². The summed E-state index contributed by atoms with van der Waals surface area (Å²) in [6.07, 6.45) is 2.97. The highest BCUT2D eigenvalue weighted by molar-refractivity contribution is 6.32. The van der Waals surface area contributed by atoms with Crippen LogP contribution in [0.25, 0.3) is 5.69 Å². The highest BCUT2D eigenvalue weighted by Gasteiger charge is 2.06. The molecular formula is C10H6Cl2N2O. The molecule has 2 aromatic rings. The molecule has 0 atom stereocenters. The minimum atomic E-state index is -0.382. The standard InChI is InChI=1S/C10H6Cl2N2O/c11-7-3-1-2-4-8(7)14-6-5-13-9(12)10(14)15/h1-6H. The number of aromatic nitrogens is 2. The van der Waals surface area contributed by atoms with Crippen LogP contribution in [0.4, 0.5) is 0 Å². The molecule has 0 spiro atoms. The van der Waals surface area contributed by atoms with Crippen LogP contribution in [0.2, 0.25) is 10.2 Å². The van der Waals surface area contributed by atoms with Gasteiger partial charge in [-0.25, -0.2) is 4.98 Å². The molecule has 0 saturated carbocycles. The van der Waals surface area contributed by atoms with Crippen LogP contribution in [0.1, 0.15) is 0 Å². The van der Waals surface area contributed by atoms with Crippen molar-refractivity contribution in [2.45, 2.75) is 0 Å². The third-order valence-electron chi connectivity index (χ3n) is 1.91. The molecule has 15 heavy (non-hydrogen) atoms. The summed E-state index contributed by atoms with van der Waals surface area (Å²) in [5.74, 6) is 0. The van der Waals surface area contributed by atoms with Gasteiger partial charge in [0, 0.05) is 12.4 Å². The maximum atomic E-state index is 11.6. The average molecular weight is 241 g/mol. The van der Waals surface area contributed by atoms with Gasteiger partial charge in [-0.2, -0.15) is 0 Å². The summed E-state index contributed by atoms with van der Waals surface area (Å²) in [6, 6.07) is 7.03. The molecule has 0 radical (unpaired) electrons. The second kappa shape index (κ2) is 4.04. The van der Waals surface area contributed by atoms with E-state index in [1.807, 2.05) is 0 Å². The predicted molar refractivity (Wildman–Crippen MR) is 59.9 cm³/mol. The van der Waals surface area contributed by atoms with Crippen LogP contribution in [0.3, 0.4) is 0 Å². The zero-order valence-electron chi connectivity index (χ0n) is 7.52. The number of hydrogen-bond acceptors (Lipinski definition) is 2. The van der Waals surface area contributed by atoms with Crippen LogP contribution in [-0.2, 0) is 0 Å². The van der Waals surface area contributed by atoms with E-state index in [0.29, 0.717) is 10.7 Å². The van der Waals surface area contributed by atoms with Crippen molar-refractivity contribution in [3.8, 4) is 5.69 Å². The largest absolute Gasteiger partial charge is 0.292 e. The Kier molecular flexibility index (Phi) is 2.75. The average Bonchev–Trinajstić information content (AvgIpc) is 2.23. The molecule has 0 fully saturated rings. The smallest absolute Gasteiger partial charge is 0.279 e.